The second-order valence-corrected chi connectivity index (χ2v) is 2.07. The van der Waals surface area contributed by atoms with Crippen LogP contribution in [0.5, 0.6) is 0 Å². The molecular formula is C6H10N3O+. The van der Waals surface area contributed by atoms with Gasteiger partial charge in [0.15, 0.2) is 0 Å². The summed E-state index contributed by atoms with van der Waals surface area (Å²) < 4.78 is 3.82. The second-order valence-electron chi connectivity index (χ2n) is 2.07. The van der Waals surface area contributed by atoms with E-state index < -0.39 is 0 Å². The molecule has 0 aliphatic heterocycles. The molecule has 0 saturated heterocycles. The molecule has 0 aliphatic carbocycles. The van der Waals surface area contributed by atoms with Crippen LogP contribution in [-0.2, 0) is 13.6 Å². The molecule has 0 unspecified atom stereocenters. The molecule has 0 fully saturated rings. The lowest BCUT2D eigenvalue weighted by atomic mass is 10.7. The van der Waals surface area contributed by atoms with Gasteiger partial charge in [-0.1, -0.05) is 5.16 Å². The Labute approximate surface area is 59.0 Å². The summed E-state index contributed by atoms with van der Waals surface area (Å²) in [5.41, 5.74) is 0. The number of imidazole rings is 1. The number of aryl methyl sites for hydroxylation is 1. The Morgan fingerprint density at radius 3 is 3.10 bits per heavy atom. The van der Waals surface area contributed by atoms with Gasteiger partial charge in [0.05, 0.1) is 13.3 Å². The second kappa shape index (κ2) is 3.00. The van der Waals surface area contributed by atoms with E-state index in [0.29, 0.717) is 6.54 Å². The van der Waals surface area contributed by atoms with Crippen LogP contribution < -0.4 is 4.57 Å². The molecule has 0 bridgehead atoms. The van der Waals surface area contributed by atoms with Gasteiger partial charge in [0.1, 0.15) is 18.9 Å². The van der Waals surface area contributed by atoms with Gasteiger partial charge >= 0.3 is 0 Å². The average molecular weight is 140 g/mol. The van der Waals surface area contributed by atoms with Crippen LogP contribution >= 0.6 is 0 Å². The Morgan fingerprint density at radius 1 is 1.80 bits per heavy atom. The average Bonchev–Trinajstić information content (AvgIpc) is 2.31. The summed E-state index contributed by atoms with van der Waals surface area (Å²) in [7, 11) is 1.94. The Kier molecular flexibility index (Phi) is 2.04. The van der Waals surface area contributed by atoms with Crippen molar-refractivity contribution in [2.45, 2.75) is 6.54 Å². The van der Waals surface area contributed by atoms with Gasteiger partial charge in [0.25, 0.3) is 0 Å². The van der Waals surface area contributed by atoms with E-state index in [9.17, 15) is 0 Å². The van der Waals surface area contributed by atoms with Crippen molar-refractivity contribution in [3.8, 4) is 0 Å². The number of rotatable bonds is 2. The van der Waals surface area contributed by atoms with Gasteiger partial charge < -0.3 is 5.21 Å². The molecule has 0 atom stereocenters. The monoisotopic (exact) mass is 140 g/mol. The third-order valence-corrected chi connectivity index (χ3v) is 1.20. The maximum atomic E-state index is 8.08. The van der Waals surface area contributed by atoms with Gasteiger partial charge in [-0.05, 0) is 0 Å². The van der Waals surface area contributed by atoms with Crippen molar-refractivity contribution in [1.82, 2.24) is 4.57 Å². The summed E-state index contributed by atoms with van der Waals surface area (Å²) in [6.07, 6.45) is 7.16. The van der Waals surface area contributed by atoms with Crippen LogP contribution in [0.25, 0.3) is 0 Å². The molecule has 4 heteroatoms. The van der Waals surface area contributed by atoms with Crippen molar-refractivity contribution in [3.63, 3.8) is 0 Å². The Bertz CT molecular complexity index is 229. The molecule has 1 N–H and O–H groups in total. The maximum absolute atomic E-state index is 8.08. The van der Waals surface area contributed by atoms with Crippen LogP contribution in [0.4, 0.5) is 0 Å². The van der Waals surface area contributed by atoms with E-state index in [1.54, 1.807) is 0 Å². The molecule has 0 radical (unpaired) electrons. The lowest BCUT2D eigenvalue weighted by Crippen LogP contribution is -2.23. The topological polar surface area (TPSA) is 41.4 Å². The zero-order chi connectivity index (χ0) is 7.40. The number of aromatic nitrogens is 2. The molecule has 0 spiro atoms. The number of hydrogen-bond donors (Lipinski definition) is 1. The third-order valence-electron chi connectivity index (χ3n) is 1.20. The van der Waals surface area contributed by atoms with Gasteiger partial charge in [0, 0.05) is 0 Å². The molecule has 10 heavy (non-hydrogen) atoms. The highest BCUT2D eigenvalue weighted by Gasteiger charge is 1.95. The Morgan fingerprint density at radius 2 is 2.60 bits per heavy atom. The normalized spacial score (nSPS) is 10.9. The van der Waals surface area contributed by atoms with E-state index in [2.05, 4.69) is 5.16 Å². The van der Waals surface area contributed by atoms with E-state index in [1.807, 2.05) is 34.9 Å². The molecule has 0 aromatic carbocycles. The highest BCUT2D eigenvalue weighted by atomic mass is 16.4. The fraction of sp³-hybridized carbons (Fsp3) is 0.333. The SMILES string of the molecule is C[n+]1ccn(CC=NO)c1. The van der Waals surface area contributed by atoms with Gasteiger partial charge in [-0.25, -0.2) is 9.13 Å². The van der Waals surface area contributed by atoms with Crippen LogP contribution in [0.2, 0.25) is 0 Å². The predicted octanol–water partition coefficient (Wildman–Crippen LogP) is -0.227. The van der Waals surface area contributed by atoms with E-state index >= 15 is 0 Å². The molecule has 0 aliphatic rings. The minimum atomic E-state index is 0.608. The van der Waals surface area contributed by atoms with E-state index in [1.165, 1.54) is 6.21 Å². The van der Waals surface area contributed by atoms with Crippen LogP contribution in [0.1, 0.15) is 0 Å². The van der Waals surface area contributed by atoms with Crippen LogP contribution in [-0.4, -0.2) is 16.0 Å². The van der Waals surface area contributed by atoms with Gasteiger partial charge in [-0.15, -0.1) is 0 Å². The minimum absolute atomic E-state index is 0.608. The van der Waals surface area contributed by atoms with E-state index in [4.69, 9.17) is 5.21 Å². The maximum Gasteiger partial charge on any atom is 0.243 e. The highest BCUT2D eigenvalue weighted by molar-refractivity contribution is 5.55. The predicted molar refractivity (Wildman–Crippen MR) is 35.9 cm³/mol. The van der Waals surface area contributed by atoms with Gasteiger partial charge in [0.2, 0.25) is 6.33 Å². The molecule has 54 valence electrons. The summed E-state index contributed by atoms with van der Waals surface area (Å²) in [4.78, 5) is 0. The molecular weight excluding hydrogens is 130 g/mol. The van der Waals surface area contributed by atoms with Crippen molar-refractivity contribution in [2.75, 3.05) is 0 Å². The molecule has 0 saturated carbocycles. The molecule has 1 aromatic rings. The van der Waals surface area contributed by atoms with Crippen LogP contribution in [0.3, 0.4) is 0 Å². The largest absolute Gasteiger partial charge is 0.411 e. The molecule has 0 amide bonds. The van der Waals surface area contributed by atoms with E-state index in [-0.39, 0.29) is 0 Å². The first-order chi connectivity index (χ1) is 4.83. The summed E-state index contributed by atoms with van der Waals surface area (Å²) >= 11 is 0. The molecule has 1 rings (SSSR count). The highest BCUT2D eigenvalue weighted by Crippen LogP contribution is 1.79. The van der Waals surface area contributed by atoms with Crippen molar-refractivity contribution < 1.29 is 9.77 Å². The molecule has 4 nitrogen and oxygen atoms in total. The number of oxime groups is 1. The zero-order valence-electron chi connectivity index (χ0n) is 5.81. The standard InChI is InChI=1S/C6H9N3O/c1-8-4-5-9(6-8)3-2-7-10/h2,4-6H,3H2,1H3/p+1. The first-order valence-corrected chi connectivity index (χ1v) is 3.00. The minimum Gasteiger partial charge on any atom is -0.411 e. The fourth-order valence-electron chi connectivity index (χ4n) is 0.741. The van der Waals surface area contributed by atoms with Crippen molar-refractivity contribution in [1.29, 1.82) is 0 Å². The van der Waals surface area contributed by atoms with Gasteiger partial charge in [-0.2, -0.15) is 0 Å². The quantitative estimate of drug-likeness (QED) is 0.262. The number of nitrogens with zero attached hydrogens (tertiary/aromatic N) is 3. The lowest BCUT2D eigenvalue weighted by Gasteiger charge is -1.83. The Balaban J connectivity index is 2.58. The fourth-order valence-corrected chi connectivity index (χ4v) is 0.741. The summed E-state index contributed by atoms with van der Waals surface area (Å²) in [5.74, 6) is 0. The smallest absolute Gasteiger partial charge is 0.243 e. The van der Waals surface area contributed by atoms with E-state index in [0.717, 1.165) is 0 Å². The van der Waals surface area contributed by atoms with Crippen molar-refractivity contribution in [2.24, 2.45) is 12.2 Å². The van der Waals surface area contributed by atoms with Crippen LogP contribution in [0.15, 0.2) is 23.9 Å². The van der Waals surface area contributed by atoms with Crippen LogP contribution in [0, 0.1) is 0 Å². The number of hydrogen-bond acceptors (Lipinski definition) is 2. The van der Waals surface area contributed by atoms with Gasteiger partial charge in [-0.3, -0.25) is 0 Å². The summed E-state index contributed by atoms with van der Waals surface area (Å²) in [6, 6.07) is 0. The molecule has 1 aromatic heterocycles. The molecule has 1 heterocycles. The Hall–Kier alpha value is -1.32. The summed E-state index contributed by atoms with van der Waals surface area (Å²) in [5, 5.41) is 11.0. The first-order valence-electron chi connectivity index (χ1n) is 3.00. The van der Waals surface area contributed by atoms with Crippen molar-refractivity contribution >= 4 is 6.21 Å². The third kappa shape index (κ3) is 1.58. The lowest BCUT2D eigenvalue weighted by molar-refractivity contribution is -0.671. The van der Waals surface area contributed by atoms with Crippen molar-refractivity contribution in [3.05, 3.63) is 18.7 Å². The zero-order valence-corrected chi connectivity index (χ0v) is 5.81. The first kappa shape index (κ1) is 6.80. The summed E-state index contributed by atoms with van der Waals surface area (Å²) in [6.45, 7) is 0.608.